The summed E-state index contributed by atoms with van der Waals surface area (Å²) in [6.07, 6.45) is 1.21. The van der Waals surface area contributed by atoms with Crippen LogP contribution in [0.1, 0.15) is 58.8 Å². The van der Waals surface area contributed by atoms with Gasteiger partial charge in [-0.1, -0.05) is 6.42 Å². The molecule has 0 aromatic heterocycles. The highest BCUT2D eigenvalue weighted by molar-refractivity contribution is 5.82. The van der Waals surface area contributed by atoms with Crippen LogP contribution < -0.4 is 32.7 Å². The zero-order valence-electron chi connectivity index (χ0n) is 20.0. The predicted octanol–water partition coefficient (Wildman–Crippen LogP) is -2.31. The number of hydrogen-bond acceptors (Lipinski definition) is 8. The monoisotopic (exact) mass is 488 g/mol. The van der Waals surface area contributed by atoms with Gasteiger partial charge in [-0.3, -0.25) is 24.0 Å². The molecule has 0 spiro atoms. The highest BCUT2D eigenvalue weighted by Crippen LogP contribution is 2.06. The van der Waals surface area contributed by atoms with E-state index in [0.29, 0.717) is 25.8 Å². The van der Waals surface area contributed by atoms with Gasteiger partial charge in [-0.2, -0.15) is 0 Å². The number of carbonyl (C=O) groups is 5. The topological polar surface area (TPSA) is 226 Å². The summed E-state index contributed by atoms with van der Waals surface area (Å²) in [5.74, 6) is -2.72. The van der Waals surface area contributed by atoms with Gasteiger partial charge >= 0.3 is 5.97 Å². The number of hydrogen-bond donors (Lipinski definition) is 8. The third kappa shape index (κ3) is 15.9. The molecule has 0 aromatic rings. The lowest BCUT2D eigenvalue weighted by molar-refractivity contribution is -0.138. The molecule has 0 rings (SSSR count). The number of rotatable bonds is 18. The zero-order chi connectivity index (χ0) is 26.1. The zero-order valence-corrected chi connectivity index (χ0v) is 20.0. The first-order valence-electron chi connectivity index (χ1n) is 11.4. The molecule has 4 atom stereocenters. The summed E-state index contributed by atoms with van der Waals surface area (Å²) in [5, 5.41) is 28.9. The van der Waals surface area contributed by atoms with E-state index in [-0.39, 0.29) is 44.0 Å². The number of nitrogens with two attached hydrogens (primary N) is 2. The van der Waals surface area contributed by atoms with Gasteiger partial charge in [-0.25, -0.2) is 0 Å². The van der Waals surface area contributed by atoms with Crippen LogP contribution >= 0.6 is 0 Å². The molecule has 13 nitrogen and oxygen atoms in total. The number of carboxylic acid groups (broad SMARTS) is 1. The quantitative estimate of drug-likeness (QED) is 0.0968. The van der Waals surface area contributed by atoms with Crippen LogP contribution in [0.4, 0.5) is 0 Å². The number of unbranched alkanes of at least 4 members (excludes halogenated alkanes) is 1. The molecule has 4 amide bonds. The van der Waals surface area contributed by atoms with Crippen molar-refractivity contribution in [1.82, 2.24) is 21.3 Å². The van der Waals surface area contributed by atoms with E-state index in [0.717, 1.165) is 0 Å². The number of amides is 4. The Bertz CT molecular complexity index is 676. The van der Waals surface area contributed by atoms with Crippen molar-refractivity contribution in [3.63, 3.8) is 0 Å². The summed E-state index contributed by atoms with van der Waals surface area (Å²) < 4.78 is 0. The van der Waals surface area contributed by atoms with E-state index >= 15 is 0 Å². The van der Waals surface area contributed by atoms with Gasteiger partial charge in [0, 0.05) is 50.9 Å². The molecule has 0 saturated carbocycles. The average molecular weight is 489 g/mol. The predicted molar refractivity (Wildman–Crippen MR) is 124 cm³/mol. The molecule has 0 aliphatic carbocycles. The van der Waals surface area contributed by atoms with E-state index in [4.69, 9.17) is 16.6 Å². The van der Waals surface area contributed by atoms with E-state index < -0.39 is 48.6 Å². The van der Waals surface area contributed by atoms with Crippen LogP contribution in [0, 0.1) is 0 Å². The Morgan fingerprint density at radius 1 is 0.765 bits per heavy atom. The van der Waals surface area contributed by atoms with E-state index in [1.165, 1.54) is 6.92 Å². The van der Waals surface area contributed by atoms with Crippen LogP contribution in [0.25, 0.3) is 0 Å². The van der Waals surface area contributed by atoms with Gasteiger partial charge in [0.1, 0.15) is 0 Å². The second kappa shape index (κ2) is 17.7. The second-order valence-corrected chi connectivity index (χ2v) is 8.31. The Hall–Kier alpha value is -2.77. The van der Waals surface area contributed by atoms with Gasteiger partial charge in [-0.05, 0) is 26.3 Å². The van der Waals surface area contributed by atoms with Crippen molar-refractivity contribution in [2.75, 3.05) is 19.7 Å². The van der Waals surface area contributed by atoms with Crippen molar-refractivity contribution in [2.45, 2.75) is 83.0 Å². The van der Waals surface area contributed by atoms with Gasteiger partial charge in [-0.15, -0.1) is 0 Å². The van der Waals surface area contributed by atoms with Gasteiger partial charge in [0.2, 0.25) is 23.6 Å². The van der Waals surface area contributed by atoms with Crippen molar-refractivity contribution >= 4 is 29.6 Å². The number of nitrogens with one attached hydrogen (secondary N) is 4. The van der Waals surface area contributed by atoms with Gasteiger partial charge in [0.05, 0.1) is 19.1 Å². The Labute approximate surface area is 199 Å². The van der Waals surface area contributed by atoms with E-state index in [9.17, 15) is 29.1 Å². The maximum absolute atomic E-state index is 12.3. The molecular weight excluding hydrogens is 448 g/mol. The summed E-state index contributed by atoms with van der Waals surface area (Å²) in [6, 6.07) is -2.50. The van der Waals surface area contributed by atoms with Crippen LogP contribution in [0.5, 0.6) is 0 Å². The molecule has 0 heterocycles. The molecule has 0 bridgehead atoms. The number of aliphatic hydroxyl groups is 1. The lowest BCUT2D eigenvalue weighted by Gasteiger charge is -2.21. The largest absolute Gasteiger partial charge is 0.481 e. The molecule has 4 unspecified atom stereocenters. The van der Waals surface area contributed by atoms with Crippen molar-refractivity contribution in [1.29, 1.82) is 0 Å². The van der Waals surface area contributed by atoms with E-state index in [2.05, 4.69) is 21.3 Å². The van der Waals surface area contributed by atoms with Crippen molar-refractivity contribution in [2.24, 2.45) is 11.5 Å². The summed E-state index contributed by atoms with van der Waals surface area (Å²) in [6.45, 7) is 2.99. The maximum atomic E-state index is 12.3. The lowest BCUT2D eigenvalue weighted by atomic mass is 10.1. The van der Waals surface area contributed by atoms with E-state index in [1.807, 2.05) is 0 Å². The lowest BCUT2D eigenvalue weighted by Crippen LogP contribution is -2.47. The minimum absolute atomic E-state index is 0.0374. The van der Waals surface area contributed by atoms with Crippen LogP contribution in [0.3, 0.4) is 0 Å². The molecule has 13 heteroatoms. The first-order valence-corrected chi connectivity index (χ1v) is 11.4. The van der Waals surface area contributed by atoms with Crippen LogP contribution in [0.15, 0.2) is 0 Å². The van der Waals surface area contributed by atoms with Crippen LogP contribution in [-0.2, 0) is 24.0 Å². The van der Waals surface area contributed by atoms with Gasteiger partial charge < -0.3 is 42.9 Å². The fourth-order valence-corrected chi connectivity index (χ4v) is 3.30. The Kier molecular flexibility index (Phi) is 16.2. The SMILES string of the molecule is CC(=O)NC(CN)CC(=O)NC(C)CC(=O)NC(CO)CC(=O)NC(CCCCN)CC(=O)O. The molecule has 0 saturated heterocycles. The summed E-state index contributed by atoms with van der Waals surface area (Å²) >= 11 is 0. The fraction of sp³-hybridized carbons (Fsp3) is 0.762. The minimum Gasteiger partial charge on any atom is -0.481 e. The Morgan fingerprint density at radius 3 is 1.85 bits per heavy atom. The van der Waals surface area contributed by atoms with Crippen molar-refractivity contribution < 1.29 is 34.2 Å². The van der Waals surface area contributed by atoms with Crippen molar-refractivity contribution in [3.05, 3.63) is 0 Å². The van der Waals surface area contributed by atoms with Crippen molar-refractivity contribution in [3.8, 4) is 0 Å². The maximum Gasteiger partial charge on any atom is 0.305 e. The normalized spacial score (nSPS) is 14.3. The molecule has 34 heavy (non-hydrogen) atoms. The molecule has 0 radical (unpaired) electrons. The highest BCUT2D eigenvalue weighted by atomic mass is 16.4. The molecule has 0 aliphatic heterocycles. The number of aliphatic carboxylic acids is 1. The summed E-state index contributed by atoms with van der Waals surface area (Å²) in [7, 11) is 0. The first kappa shape index (κ1) is 31.2. The minimum atomic E-state index is -1.05. The third-order valence-corrected chi connectivity index (χ3v) is 4.83. The number of aliphatic hydroxyl groups excluding tert-OH is 1. The Balaban J connectivity index is 4.59. The fourth-order valence-electron chi connectivity index (χ4n) is 3.30. The molecule has 0 fully saturated rings. The van der Waals surface area contributed by atoms with E-state index in [1.54, 1.807) is 6.92 Å². The molecule has 196 valence electrons. The van der Waals surface area contributed by atoms with Gasteiger partial charge in [0.25, 0.3) is 0 Å². The second-order valence-electron chi connectivity index (χ2n) is 8.31. The van der Waals surface area contributed by atoms with Crippen LogP contribution in [-0.4, -0.2) is 83.7 Å². The average Bonchev–Trinajstić information content (AvgIpc) is 2.71. The molecule has 0 aliphatic rings. The van der Waals surface area contributed by atoms with Crippen LogP contribution in [0.2, 0.25) is 0 Å². The standard InChI is InChI=1S/C21H40N6O7/c1-13(24-19(31)8-16(11-23)25-14(2)29)7-18(30)27-17(12-28)9-20(32)26-15(10-21(33)34)5-3-4-6-22/h13,15-17,28H,3-12,22-23H2,1-2H3,(H,24,31)(H,25,29)(H,26,32)(H,27,30)(H,33,34). The number of carbonyl (C=O) groups excluding carboxylic acids is 4. The molecular formula is C21H40N6O7. The third-order valence-electron chi connectivity index (χ3n) is 4.83. The Morgan fingerprint density at radius 2 is 1.32 bits per heavy atom. The van der Waals surface area contributed by atoms with Gasteiger partial charge in [0.15, 0.2) is 0 Å². The molecule has 10 N–H and O–H groups in total. The first-order chi connectivity index (χ1) is 16.0. The summed E-state index contributed by atoms with van der Waals surface area (Å²) in [4.78, 5) is 58.8. The number of carboxylic acids is 1. The molecule has 0 aromatic carbocycles. The highest BCUT2D eigenvalue weighted by Gasteiger charge is 2.21. The smallest absolute Gasteiger partial charge is 0.305 e. The summed E-state index contributed by atoms with van der Waals surface area (Å²) in [5.41, 5.74) is 11.0.